The molecule has 0 fully saturated rings. The number of halogens is 2. The van der Waals surface area contributed by atoms with Crippen LogP contribution in [0.5, 0.6) is 0 Å². The molecule has 1 N–H and O–H groups in total. The summed E-state index contributed by atoms with van der Waals surface area (Å²) < 4.78 is 17.1. The highest BCUT2D eigenvalue weighted by Gasteiger charge is 2.19. The highest BCUT2D eigenvalue weighted by molar-refractivity contribution is 7.71. The summed E-state index contributed by atoms with van der Waals surface area (Å²) in [5, 5.41) is 2.55. The Balaban J connectivity index is 2.68. The lowest BCUT2D eigenvalue weighted by Crippen LogP contribution is -2.44. The minimum atomic E-state index is -0.906. The maximum Gasteiger partial charge on any atom is 0.338 e. The van der Waals surface area contributed by atoms with Crippen LogP contribution in [0, 0.1) is 10.6 Å². The van der Waals surface area contributed by atoms with Crippen molar-refractivity contribution in [2.45, 2.75) is 19.8 Å². The molecule has 10 heteroatoms. The highest BCUT2D eigenvalue weighted by atomic mass is 35.5. The van der Waals surface area contributed by atoms with Gasteiger partial charge in [-0.2, -0.15) is 0 Å². The third-order valence-electron chi connectivity index (χ3n) is 3.87. The second-order valence-electron chi connectivity index (χ2n) is 5.69. The van der Waals surface area contributed by atoms with Crippen molar-refractivity contribution < 1.29 is 9.18 Å². The van der Waals surface area contributed by atoms with Crippen molar-refractivity contribution in [1.29, 1.82) is 0 Å². The van der Waals surface area contributed by atoms with Crippen molar-refractivity contribution in [3.05, 3.63) is 54.3 Å². The van der Waals surface area contributed by atoms with Crippen LogP contribution in [0.2, 0.25) is 5.02 Å². The van der Waals surface area contributed by atoms with Gasteiger partial charge in [-0.3, -0.25) is 13.9 Å². The molecule has 1 heterocycles. The number of hydrogen-bond donors (Lipinski definition) is 1. The quantitative estimate of drug-likeness (QED) is 0.614. The van der Waals surface area contributed by atoms with E-state index < -0.39 is 23.1 Å². The molecule has 26 heavy (non-hydrogen) atoms. The number of carbonyl (C=O) groups excluding carboxylic acids is 1. The third kappa shape index (κ3) is 3.63. The summed E-state index contributed by atoms with van der Waals surface area (Å²) >= 11 is 11.0. The van der Waals surface area contributed by atoms with Gasteiger partial charge in [-0.1, -0.05) is 24.9 Å². The Morgan fingerprint density at radius 2 is 1.81 bits per heavy atom. The van der Waals surface area contributed by atoms with Crippen LogP contribution in [0.4, 0.5) is 4.39 Å². The number of rotatable bonds is 5. The lowest BCUT2D eigenvalue weighted by atomic mass is 10.1. The zero-order valence-electron chi connectivity index (χ0n) is 14.5. The monoisotopic (exact) mass is 400 g/mol. The summed E-state index contributed by atoms with van der Waals surface area (Å²) in [5.74, 6) is -1.42. The van der Waals surface area contributed by atoms with Crippen LogP contribution in [0.15, 0.2) is 21.7 Å². The molecule has 0 saturated carbocycles. The number of nitrogens with one attached hydrogen (secondary N) is 1. The molecular weight excluding hydrogens is 383 g/mol. The average Bonchev–Trinajstić information content (AvgIpc) is 2.60. The summed E-state index contributed by atoms with van der Waals surface area (Å²) in [7, 11) is 2.74. The number of amides is 1. The molecule has 1 aromatic carbocycles. The Bertz CT molecular complexity index is 1000. The molecule has 7 nitrogen and oxygen atoms in total. The summed E-state index contributed by atoms with van der Waals surface area (Å²) in [6.07, 6.45) is 1.66. The van der Waals surface area contributed by atoms with Crippen molar-refractivity contribution in [2.75, 3.05) is 6.54 Å². The minimum absolute atomic E-state index is 0.0110. The van der Waals surface area contributed by atoms with E-state index in [2.05, 4.69) is 5.32 Å². The summed E-state index contributed by atoms with van der Waals surface area (Å²) in [6.45, 7) is 2.40. The molecule has 140 valence electrons. The maximum absolute atomic E-state index is 14.5. The Morgan fingerprint density at radius 3 is 2.35 bits per heavy atom. The van der Waals surface area contributed by atoms with Gasteiger partial charge in [0.25, 0.3) is 5.91 Å². The zero-order valence-corrected chi connectivity index (χ0v) is 16.1. The van der Waals surface area contributed by atoms with Crippen LogP contribution in [0.3, 0.4) is 0 Å². The van der Waals surface area contributed by atoms with E-state index in [1.54, 1.807) is 0 Å². The Kier molecular flexibility index (Phi) is 6.14. The number of unbranched alkanes of at least 4 members (excludes halogenated alkanes) is 1. The average molecular weight is 401 g/mol. The van der Waals surface area contributed by atoms with Gasteiger partial charge in [0.2, 0.25) is 0 Å². The van der Waals surface area contributed by atoms with Crippen molar-refractivity contribution in [1.82, 2.24) is 19.0 Å². The normalized spacial score (nSPS) is 10.8. The summed E-state index contributed by atoms with van der Waals surface area (Å²) in [4.78, 5) is 37.2. The molecule has 0 radical (unpaired) electrons. The van der Waals surface area contributed by atoms with Gasteiger partial charge in [0.1, 0.15) is 5.82 Å². The van der Waals surface area contributed by atoms with E-state index in [0.29, 0.717) is 11.1 Å². The van der Waals surface area contributed by atoms with Crippen LogP contribution in [0.25, 0.3) is 5.69 Å². The molecule has 0 aliphatic heterocycles. The predicted octanol–water partition coefficient (Wildman–Crippen LogP) is 1.93. The van der Waals surface area contributed by atoms with Gasteiger partial charge in [-0.15, -0.1) is 0 Å². The molecule has 2 rings (SSSR count). The van der Waals surface area contributed by atoms with Crippen molar-refractivity contribution in [3.63, 3.8) is 0 Å². The predicted molar refractivity (Wildman–Crippen MR) is 99.3 cm³/mol. The standard InChI is InChI=1S/C16H18ClFN4O3S/c1-4-5-6-19-13(23)9-7-12(11(18)8-10(9)17)22-14(24)20(2)16(26)21(3)15(22)25/h7-8H,4-6H2,1-3H3,(H,19,23). The fraction of sp³-hybridized carbons (Fsp3) is 0.375. The number of carbonyl (C=O) groups is 1. The zero-order chi connectivity index (χ0) is 19.6. The second kappa shape index (κ2) is 7.96. The number of nitrogens with zero attached hydrogens (tertiary/aromatic N) is 3. The summed E-state index contributed by atoms with van der Waals surface area (Å²) in [5.41, 5.74) is -2.04. The lowest BCUT2D eigenvalue weighted by Gasteiger charge is -2.13. The van der Waals surface area contributed by atoms with E-state index in [1.807, 2.05) is 6.92 Å². The van der Waals surface area contributed by atoms with Gasteiger partial charge < -0.3 is 5.32 Å². The largest absolute Gasteiger partial charge is 0.352 e. The van der Waals surface area contributed by atoms with Crippen LogP contribution in [-0.4, -0.2) is 26.2 Å². The van der Waals surface area contributed by atoms with Gasteiger partial charge in [0.15, 0.2) is 4.77 Å². The van der Waals surface area contributed by atoms with E-state index in [0.717, 1.165) is 34.1 Å². The fourth-order valence-electron chi connectivity index (χ4n) is 2.33. The van der Waals surface area contributed by atoms with Crippen LogP contribution >= 0.6 is 23.8 Å². The molecule has 0 aliphatic carbocycles. The van der Waals surface area contributed by atoms with Crippen molar-refractivity contribution in [2.24, 2.45) is 14.1 Å². The lowest BCUT2D eigenvalue weighted by molar-refractivity contribution is 0.0953. The van der Waals surface area contributed by atoms with Crippen molar-refractivity contribution in [3.8, 4) is 5.69 Å². The van der Waals surface area contributed by atoms with Gasteiger partial charge in [-0.25, -0.2) is 18.5 Å². The fourth-order valence-corrected chi connectivity index (χ4v) is 2.73. The van der Waals surface area contributed by atoms with Gasteiger partial charge in [-0.05, 0) is 30.8 Å². The first kappa shape index (κ1) is 20.1. The number of benzene rings is 1. The molecule has 0 unspecified atom stereocenters. The summed E-state index contributed by atoms with van der Waals surface area (Å²) in [6, 6.07) is 1.99. The Hall–Kier alpha value is -2.26. The highest BCUT2D eigenvalue weighted by Crippen LogP contribution is 2.22. The molecule has 0 aliphatic rings. The van der Waals surface area contributed by atoms with Crippen LogP contribution < -0.4 is 16.7 Å². The number of aromatic nitrogens is 3. The molecule has 1 amide bonds. The molecule has 0 saturated heterocycles. The first-order valence-electron chi connectivity index (χ1n) is 7.87. The van der Waals surface area contributed by atoms with E-state index in [4.69, 9.17) is 23.8 Å². The van der Waals surface area contributed by atoms with Gasteiger partial charge in [0, 0.05) is 20.6 Å². The van der Waals surface area contributed by atoms with E-state index in [1.165, 1.54) is 14.1 Å². The Labute approximate surface area is 158 Å². The molecule has 2 aromatic rings. The molecule has 0 atom stereocenters. The van der Waals surface area contributed by atoms with Crippen LogP contribution in [-0.2, 0) is 14.1 Å². The smallest absolute Gasteiger partial charge is 0.338 e. The van der Waals surface area contributed by atoms with E-state index in [-0.39, 0.29) is 21.0 Å². The first-order chi connectivity index (χ1) is 12.2. The maximum atomic E-state index is 14.5. The van der Waals surface area contributed by atoms with Gasteiger partial charge >= 0.3 is 11.4 Å². The topological polar surface area (TPSA) is 78.0 Å². The molecule has 1 aromatic heterocycles. The molecule has 0 spiro atoms. The molecule has 0 bridgehead atoms. The third-order valence-corrected chi connectivity index (χ3v) is 4.73. The second-order valence-corrected chi connectivity index (χ2v) is 6.47. The first-order valence-corrected chi connectivity index (χ1v) is 8.66. The SMILES string of the molecule is CCCCNC(=O)c1cc(-n2c(=O)n(C)c(=S)n(C)c2=O)c(F)cc1Cl. The van der Waals surface area contributed by atoms with Crippen molar-refractivity contribution >= 4 is 29.7 Å². The van der Waals surface area contributed by atoms with E-state index in [9.17, 15) is 18.8 Å². The minimum Gasteiger partial charge on any atom is -0.352 e. The van der Waals surface area contributed by atoms with Crippen LogP contribution in [0.1, 0.15) is 30.1 Å². The molecular formula is C16H18ClFN4O3S. The number of hydrogen-bond acceptors (Lipinski definition) is 4. The van der Waals surface area contributed by atoms with Gasteiger partial charge in [0.05, 0.1) is 16.3 Å². The Morgan fingerprint density at radius 1 is 1.23 bits per heavy atom. The van der Waals surface area contributed by atoms with E-state index >= 15 is 0 Å².